The molecule has 2 heteroatoms. The van der Waals surface area contributed by atoms with Crippen molar-refractivity contribution in [3.8, 4) is 0 Å². The average Bonchev–Trinajstić information content (AvgIpc) is 1.63. The van der Waals surface area contributed by atoms with Crippen LogP contribution in [0.15, 0.2) is 24.6 Å². The standard InChI is InChI=1S/C7H10ClF/c1-6(8)4-3-5-7(2)9/h3,5-6H,2,4H2,1H3/b5-3-. The predicted molar refractivity (Wildman–Crippen MR) is 39.3 cm³/mol. The summed E-state index contributed by atoms with van der Waals surface area (Å²) in [5.41, 5.74) is 0. The Hall–Kier alpha value is -0.300. The molecule has 0 bridgehead atoms. The fourth-order valence-corrected chi connectivity index (χ4v) is 0.486. The fraction of sp³-hybridized carbons (Fsp3) is 0.429. The molecule has 0 aliphatic rings. The Morgan fingerprint density at radius 1 is 1.89 bits per heavy atom. The van der Waals surface area contributed by atoms with E-state index in [-0.39, 0.29) is 5.38 Å². The molecule has 0 N–H and O–H groups in total. The zero-order chi connectivity index (χ0) is 7.28. The summed E-state index contributed by atoms with van der Waals surface area (Å²) in [7, 11) is 0. The molecule has 0 aliphatic heterocycles. The van der Waals surface area contributed by atoms with Crippen molar-refractivity contribution in [1.82, 2.24) is 0 Å². The Morgan fingerprint density at radius 3 is 2.78 bits per heavy atom. The van der Waals surface area contributed by atoms with E-state index in [1.54, 1.807) is 6.08 Å². The minimum atomic E-state index is -0.424. The van der Waals surface area contributed by atoms with Gasteiger partial charge < -0.3 is 0 Å². The zero-order valence-corrected chi connectivity index (χ0v) is 6.16. The van der Waals surface area contributed by atoms with Crippen molar-refractivity contribution in [2.75, 3.05) is 0 Å². The summed E-state index contributed by atoms with van der Waals surface area (Å²) in [6.07, 6.45) is 3.67. The van der Waals surface area contributed by atoms with Gasteiger partial charge in [-0.2, -0.15) is 0 Å². The first kappa shape index (κ1) is 8.70. The number of alkyl halides is 1. The van der Waals surface area contributed by atoms with Gasteiger partial charge in [0, 0.05) is 5.38 Å². The van der Waals surface area contributed by atoms with Crippen LogP contribution in [0.25, 0.3) is 0 Å². The van der Waals surface area contributed by atoms with Crippen LogP contribution in [-0.4, -0.2) is 5.38 Å². The van der Waals surface area contributed by atoms with Crippen LogP contribution >= 0.6 is 11.6 Å². The van der Waals surface area contributed by atoms with Crippen molar-refractivity contribution in [2.24, 2.45) is 0 Å². The number of hydrogen-bond acceptors (Lipinski definition) is 0. The molecule has 52 valence electrons. The van der Waals surface area contributed by atoms with E-state index in [1.165, 1.54) is 6.08 Å². The highest BCUT2D eigenvalue weighted by atomic mass is 35.5. The first-order valence-electron chi connectivity index (χ1n) is 2.78. The van der Waals surface area contributed by atoms with E-state index < -0.39 is 5.83 Å². The molecule has 0 aromatic heterocycles. The van der Waals surface area contributed by atoms with Crippen molar-refractivity contribution in [1.29, 1.82) is 0 Å². The molecule has 0 heterocycles. The normalized spacial score (nSPS) is 14.1. The van der Waals surface area contributed by atoms with E-state index in [0.29, 0.717) is 6.42 Å². The SMILES string of the molecule is C=C(F)/C=C\CC(C)Cl. The second kappa shape index (κ2) is 4.57. The van der Waals surface area contributed by atoms with E-state index in [4.69, 9.17) is 11.6 Å². The molecule has 0 aromatic carbocycles. The topological polar surface area (TPSA) is 0 Å². The Bertz CT molecular complexity index is 116. The quantitative estimate of drug-likeness (QED) is 0.426. The molecule has 0 fully saturated rings. The van der Waals surface area contributed by atoms with Crippen molar-refractivity contribution in [2.45, 2.75) is 18.7 Å². The molecule has 0 nitrogen and oxygen atoms in total. The van der Waals surface area contributed by atoms with Crippen LogP contribution < -0.4 is 0 Å². The van der Waals surface area contributed by atoms with Gasteiger partial charge in [-0.15, -0.1) is 11.6 Å². The van der Waals surface area contributed by atoms with Gasteiger partial charge in [0.25, 0.3) is 0 Å². The lowest BCUT2D eigenvalue weighted by atomic mass is 10.3. The van der Waals surface area contributed by atoms with E-state index >= 15 is 0 Å². The minimum absolute atomic E-state index is 0.0700. The molecule has 0 aliphatic carbocycles. The first-order valence-corrected chi connectivity index (χ1v) is 3.21. The summed E-state index contributed by atoms with van der Waals surface area (Å²) in [5, 5.41) is 0.0700. The molecule has 0 rings (SSSR count). The van der Waals surface area contributed by atoms with Gasteiger partial charge in [-0.25, -0.2) is 4.39 Å². The Balaban J connectivity index is 3.36. The highest BCUT2D eigenvalue weighted by Gasteiger charge is 1.89. The second-order valence-electron chi connectivity index (χ2n) is 1.87. The molecule has 0 amide bonds. The van der Waals surface area contributed by atoms with Crippen LogP contribution in [0.5, 0.6) is 0 Å². The highest BCUT2D eigenvalue weighted by Crippen LogP contribution is 2.02. The molecule has 0 spiro atoms. The highest BCUT2D eigenvalue weighted by molar-refractivity contribution is 6.20. The lowest BCUT2D eigenvalue weighted by molar-refractivity contribution is 0.670. The second-order valence-corrected chi connectivity index (χ2v) is 2.61. The summed E-state index contributed by atoms with van der Waals surface area (Å²) in [6, 6.07) is 0. The molecule has 0 radical (unpaired) electrons. The third-order valence-corrected chi connectivity index (χ3v) is 0.938. The van der Waals surface area contributed by atoms with Gasteiger partial charge in [-0.3, -0.25) is 0 Å². The Kier molecular flexibility index (Phi) is 4.41. The fourth-order valence-electron chi connectivity index (χ4n) is 0.383. The average molecular weight is 149 g/mol. The van der Waals surface area contributed by atoms with Crippen LogP contribution in [0.2, 0.25) is 0 Å². The van der Waals surface area contributed by atoms with E-state index in [2.05, 4.69) is 6.58 Å². The molecular weight excluding hydrogens is 139 g/mol. The monoisotopic (exact) mass is 148 g/mol. The van der Waals surface area contributed by atoms with Gasteiger partial charge in [0.1, 0.15) is 5.83 Å². The van der Waals surface area contributed by atoms with Gasteiger partial charge in [0.05, 0.1) is 0 Å². The van der Waals surface area contributed by atoms with Crippen LogP contribution in [0, 0.1) is 0 Å². The number of allylic oxidation sites excluding steroid dienone is 3. The molecule has 1 unspecified atom stereocenters. The zero-order valence-electron chi connectivity index (χ0n) is 5.40. The lowest BCUT2D eigenvalue weighted by Crippen LogP contribution is -1.84. The summed E-state index contributed by atoms with van der Waals surface area (Å²) in [4.78, 5) is 0. The predicted octanol–water partition coefficient (Wildman–Crippen LogP) is 3.04. The maximum atomic E-state index is 11.8. The third kappa shape index (κ3) is 7.70. The van der Waals surface area contributed by atoms with E-state index in [1.807, 2.05) is 6.92 Å². The number of rotatable bonds is 3. The maximum Gasteiger partial charge on any atom is 0.115 e. The van der Waals surface area contributed by atoms with Crippen LogP contribution in [0.4, 0.5) is 4.39 Å². The molecule has 9 heavy (non-hydrogen) atoms. The van der Waals surface area contributed by atoms with Crippen molar-refractivity contribution >= 4 is 11.6 Å². The van der Waals surface area contributed by atoms with Crippen LogP contribution in [-0.2, 0) is 0 Å². The molecule has 0 aromatic rings. The number of hydrogen-bond donors (Lipinski definition) is 0. The van der Waals surface area contributed by atoms with Crippen LogP contribution in [0.3, 0.4) is 0 Å². The van der Waals surface area contributed by atoms with E-state index in [0.717, 1.165) is 0 Å². The van der Waals surface area contributed by atoms with Gasteiger partial charge in [-0.05, 0) is 19.4 Å². The molecule has 0 saturated heterocycles. The summed E-state index contributed by atoms with van der Waals surface area (Å²) in [5.74, 6) is -0.424. The lowest BCUT2D eigenvalue weighted by Gasteiger charge is -1.92. The van der Waals surface area contributed by atoms with E-state index in [9.17, 15) is 4.39 Å². The first-order chi connectivity index (χ1) is 4.13. The van der Waals surface area contributed by atoms with Gasteiger partial charge in [0.2, 0.25) is 0 Å². The summed E-state index contributed by atoms with van der Waals surface area (Å²) >= 11 is 5.56. The Labute approximate surface area is 60.0 Å². The molecule has 1 atom stereocenters. The third-order valence-electron chi connectivity index (χ3n) is 0.760. The van der Waals surface area contributed by atoms with Crippen molar-refractivity contribution in [3.63, 3.8) is 0 Å². The number of halogens is 2. The smallest absolute Gasteiger partial charge is 0.115 e. The summed E-state index contributed by atoms with van der Waals surface area (Å²) < 4.78 is 11.8. The van der Waals surface area contributed by atoms with Crippen molar-refractivity contribution in [3.05, 3.63) is 24.6 Å². The molecule has 0 saturated carbocycles. The minimum Gasteiger partial charge on any atom is -0.208 e. The molecular formula is C7H10ClF. The maximum absolute atomic E-state index is 11.8. The van der Waals surface area contributed by atoms with Gasteiger partial charge >= 0.3 is 0 Å². The van der Waals surface area contributed by atoms with Gasteiger partial charge in [0.15, 0.2) is 0 Å². The Morgan fingerprint density at radius 2 is 2.44 bits per heavy atom. The largest absolute Gasteiger partial charge is 0.208 e. The van der Waals surface area contributed by atoms with Gasteiger partial charge in [-0.1, -0.05) is 12.7 Å². The summed E-state index contributed by atoms with van der Waals surface area (Å²) in [6.45, 7) is 4.91. The van der Waals surface area contributed by atoms with Crippen LogP contribution in [0.1, 0.15) is 13.3 Å². The van der Waals surface area contributed by atoms with Crippen molar-refractivity contribution < 1.29 is 4.39 Å².